The van der Waals surface area contributed by atoms with Crippen molar-refractivity contribution >= 4 is 0 Å². The summed E-state index contributed by atoms with van der Waals surface area (Å²) in [6, 6.07) is 0. The fourth-order valence-electron chi connectivity index (χ4n) is 7.37. The molecule has 0 N–H and O–H groups in total. The third kappa shape index (κ3) is 21.0. The highest BCUT2D eigenvalue weighted by Gasteiger charge is 2.56. The predicted molar refractivity (Wildman–Crippen MR) is 213 cm³/mol. The molecule has 2 saturated heterocycles. The zero-order chi connectivity index (χ0) is 35.3. The van der Waals surface area contributed by atoms with Crippen LogP contribution < -0.4 is 0 Å². The number of nitrogens with zero attached hydrogens (tertiary/aromatic N) is 1. The van der Waals surface area contributed by atoms with E-state index in [4.69, 9.17) is 14.2 Å². The van der Waals surface area contributed by atoms with Crippen LogP contribution in [0.15, 0.2) is 48.6 Å². The third-order valence-electron chi connectivity index (χ3n) is 10.3. The van der Waals surface area contributed by atoms with Crippen LogP contribution in [0.4, 0.5) is 0 Å². The second-order valence-electron chi connectivity index (χ2n) is 15.4. The lowest BCUT2D eigenvalue weighted by molar-refractivity contribution is -0.217. The molecule has 2 fully saturated rings. The van der Waals surface area contributed by atoms with Crippen molar-refractivity contribution in [2.75, 3.05) is 20.6 Å². The fourth-order valence-corrected chi connectivity index (χ4v) is 7.37. The Bertz CT molecular complexity index is 826. The Morgan fingerprint density at radius 2 is 0.878 bits per heavy atom. The summed E-state index contributed by atoms with van der Waals surface area (Å²) in [5, 5.41) is 0. The highest BCUT2D eigenvalue weighted by Crippen LogP contribution is 2.44. The van der Waals surface area contributed by atoms with Gasteiger partial charge in [-0.25, -0.2) is 0 Å². The SMILES string of the molecule is CCCCC/C=C\C/C=C\CCCCCCCCC1(CCCCCCCC/C=C\C/C=C\CCCCC)OC2C(CN(C)C)O[C@H](C)C2O1. The highest BCUT2D eigenvalue weighted by molar-refractivity contribution is 4.99. The molecule has 0 spiro atoms. The van der Waals surface area contributed by atoms with Crippen LogP contribution in [-0.2, 0) is 14.2 Å². The first-order valence-electron chi connectivity index (χ1n) is 21.3. The first kappa shape index (κ1) is 44.0. The van der Waals surface area contributed by atoms with Crippen LogP contribution in [0.5, 0.6) is 0 Å². The molecule has 2 aliphatic rings. The minimum atomic E-state index is -0.414. The van der Waals surface area contributed by atoms with Gasteiger partial charge in [-0.1, -0.05) is 140 Å². The number of likely N-dealkylation sites (N-methyl/N-ethyl adjacent to an activating group) is 1. The van der Waals surface area contributed by atoms with E-state index in [1.54, 1.807) is 0 Å². The van der Waals surface area contributed by atoms with Crippen molar-refractivity contribution in [3.63, 3.8) is 0 Å². The maximum absolute atomic E-state index is 6.91. The van der Waals surface area contributed by atoms with Gasteiger partial charge in [0.2, 0.25) is 0 Å². The average molecular weight is 684 g/mol. The Kier molecular flexibility index (Phi) is 26.4. The van der Waals surface area contributed by atoms with Crippen molar-refractivity contribution < 1.29 is 14.2 Å². The number of allylic oxidation sites excluding steroid dienone is 8. The summed E-state index contributed by atoms with van der Waals surface area (Å²) < 4.78 is 20.1. The van der Waals surface area contributed by atoms with Gasteiger partial charge in [0.25, 0.3) is 0 Å². The summed E-state index contributed by atoms with van der Waals surface area (Å²) in [7, 11) is 4.25. The molecule has 0 aromatic carbocycles. The minimum absolute atomic E-state index is 0.0617. The normalized spacial score (nSPS) is 22.3. The lowest BCUT2D eigenvalue weighted by atomic mass is 9.98. The number of hydrogen-bond acceptors (Lipinski definition) is 4. The third-order valence-corrected chi connectivity index (χ3v) is 10.3. The van der Waals surface area contributed by atoms with Gasteiger partial charge in [0.1, 0.15) is 12.2 Å². The van der Waals surface area contributed by atoms with Crippen molar-refractivity contribution in [2.45, 2.75) is 218 Å². The Balaban J connectivity index is 1.63. The van der Waals surface area contributed by atoms with Crippen molar-refractivity contribution in [3.8, 4) is 0 Å². The highest BCUT2D eigenvalue weighted by atomic mass is 16.8. The van der Waals surface area contributed by atoms with E-state index in [1.807, 2.05) is 0 Å². The van der Waals surface area contributed by atoms with Crippen molar-refractivity contribution in [2.24, 2.45) is 0 Å². The smallest absolute Gasteiger partial charge is 0.169 e. The zero-order valence-electron chi connectivity index (χ0n) is 33.2. The molecule has 0 aromatic rings. The summed E-state index contributed by atoms with van der Waals surface area (Å²) in [6.07, 6.45) is 51.9. The Labute approximate surface area is 305 Å². The summed E-state index contributed by atoms with van der Waals surface area (Å²) in [5.74, 6) is -0.414. The van der Waals surface area contributed by atoms with Crippen molar-refractivity contribution in [1.29, 1.82) is 0 Å². The molecule has 49 heavy (non-hydrogen) atoms. The number of unbranched alkanes of at least 4 members (excludes halogenated alkanes) is 18. The minimum Gasteiger partial charge on any atom is -0.368 e. The Hall–Kier alpha value is -1.20. The first-order valence-corrected chi connectivity index (χ1v) is 21.3. The molecule has 284 valence electrons. The van der Waals surface area contributed by atoms with Crippen molar-refractivity contribution in [3.05, 3.63) is 48.6 Å². The predicted octanol–water partition coefficient (Wildman–Crippen LogP) is 13.2. The van der Waals surface area contributed by atoms with Crippen molar-refractivity contribution in [1.82, 2.24) is 4.90 Å². The second kappa shape index (κ2) is 29.4. The van der Waals surface area contributed by atoms with E-state index < -0.39 is 5.79 Å². The summed E-state index contributed by atoms with van der Waals surface area (Å²) >= 11 is 0. The average Bonchev–Trinajstić information content (AvgIpc) is 3.59. The molecule has 0 bridgehead atoms. The van der Waals surface area contributed by atoms with Crippen LogP contribution in [0.1, 0.15) is 188 Å². The summed E-state index contributed by atoms with van der Waals surface area (Å²) in [5.41, 5.74) is 0. The van der Waals surface area contributed by atoms with Crippen LogP contribution >= 0.6 is 0 Å². The maximum atomic E-state index is 6.91. The lowest BCUT2D eigenvalue weighted by Gasteiger charge is -2.31. The summed E-state index contributed by atoms with van der Waals surface area (Å²) in [6.45, 7) is 7.60. The molecule has 0 radical (unpaired) electrons. The number of ether oxygens (including phenoxy) is 3. The van der Waals surface area contributed by atoms with Crippen LogP contribution in [0.25, 0.3) is 0 Å². The molecular formula is C45H81NO3. The van der Waals surface area contributed by atoms with Crippen LogP contribution in [-0.4, -0.2) is 55.7 Å². The van der Waals surface area contributed by atoms with Gasteiger partial charge in [0.05, 0.1) is 12.2 Å². The number of rotatable bonds is 32. The summed E-state index contributed by atoms with van der Waals surface area (Å²) in [4.78, 5) is 2.22. The van der Waals surface area contributed by atoms with E-state index >= 15 is 0 Å². The van der Waals surface area contributed by atoms with Gasteiger partial charge in [-0.15, -0.1) is 0 Å². The number of fused-ring (bicyclic) bond motifs is 1. The van der Waals surface area contributed by atoms with Gasteiger partial charge in [-0.2, -0.15) is 0 Å². The standard InChI is InChI=1S/C45H81NO3/c1-6-8-10-12-14-16-18-20-22-24-26-28-30-32-34-36-38-45(48-43-41(3)47-42(40-46(4)5)44(43)49-45)39-37-35-33-31-29-27-25-23-21-19-17-15-13-11-9-7-2/h14-17,20-23,41-44H,6-13,18-19,24-40H2,1-5H3/b16-14-,17-15-,22-20-,23-21-/t41-,42?,43?,44?/m1/s1. The molecule has 0 aromatic heterocycles. The van der Waals surface area contributed by atoms with E-state index in [0.717, 1.165) is 32.2 Å². The fraction of sp³-hybridized carbons (Fsp3) is 0.822. The molecule has 4 atom stereocenters. The Morgan fingerprint density at radius 3 is 1.31 bits per heavy atom. The molecule has 0 aliphatic carbocycles. The molecule has 4 heteroatoms. The van der Waals surface area contributed by atoms with Gasteiger partial charge in [0.15, 0.2) is 5.79 Å². The maximum Gasteiger partial charge on any atom is 0.169 e. The molecule has 2 rings (SSSR count). The van der Waals surface area contributed by atoms with Gasteiger partial charge in [-0.3, -0.25) is 0 Å². The molecule has 2 aliphatic heterocycles. The van der Waals surface area contributed by atoms with E-state index in [-0.39, 0.29) is 24.4 Å². The molecule has 0 amide bonds. The van der Waals surface area contributed by atoms with Crippen LogP contribution in [0.3, 0.4) is 0 Å². The molecule has 2 heterocycles. The van der Waals surface area contributed by atoms with E-state index in [9.17, 15) is 0 Å². The van der Waals surface area contributed by atoms with Gasteiger partial charge in [0, 0.05) is 19.4 Å². The van der Waals surface area contributed by atoms with Gasteiger partial charge >= 0.3 is 0 Å². The monoisotopic (exact) mass is 684 g/mol. The topological polar surface area (TPSA) is 30.9 Å². The van der Waals surface area contributed by atoms with Crippen LogP contribution in [0, 0.1) is 0 Å². The number of hydrogen-bond donors (Lipinski definition) is 0. The van der Waals surface area contributed by atoms with Crippen LogP contribution in [0.2, 0.25) is 0 Å². The second-order valence-corrected chi connectivity index (χ2v) is 15.4. The lowest BCUT2D eigenvalue weighted by Crippen LogP contribution is -2.38. The van der Waals surface area contributed by atoms with E-state index in [2.05, 4.69) is 88.4 Å². The Morgan fingerprint density at radius 1 is 0.490 bits per heavy atom. The van der Waals surface area contributed by atoms with Gasteiger partial charge in [-0.05, 0) is 98.1 Å². The van der Waals surface area contributed by atoms with E-state index in [0.29, 0.717) is 0 Å². The largest absolute Gasteiger partial charge is 0.368 e. The van der Waals surface area contributed by atoms with Gasteiger partial charge < -0.3 is 19.1 Å². The molecular weight excluding hydrogens is 602 g/mol. The molecule has 0 saturated carbocycles. The molecule has 3 unspecified atom stereocenters. The first-order chi connectivity index (χ1) is 24.0. The zero-order valence-corrected chi connectivity index (χ0v) is 33.2. The quantitative estimate of drug-likeness (QED) is 0.0522. The van der Waals surface area contributed by atoms with E-state index in [1.165, 1.54) is 141 Å². The molecule has 4 nitrogen and oxygen atoms in total.